The van der Waals surface area contributed by atoms with E-state index in [1.165, 1.54) is 21.0 Å². The summed E-state index contributed by atoms with van der Waals surface area (Å²) in [5.41, 5.74) is -0.668. The summed E-state index contributed by atoms with van der Waals surface area (Å²) in [7, 11) is 1.23. The summed E-state index contributed by atoms with van der Waals surface area (Å²) < 4.78 is 42.3. The number of ketones is 2. The highest BCUT2D eigenvalue weighted by Gasteiger charge is 2.53. The number of aliphatic hydroxyl groups excluding tert-OH is 7. The van der Waals surface area contributed by atoms with E-state index >= 15 is 4.79 Å². The number of aromatic hydroxyl groups is 2. The minimum Gasteiger partial charge on any atom is -0.507 e. The maximum Gasteiger partial charge on any atom is 0.192 e. The molecule has 0 amide bonds. The van der Waals surface area contributed by atoms with Crippen LogP contribution in [0, 0.1) is 18.8 Å². The average molecular weight is 923 g/mol. The number of benzene rings is 2. The van der Waals surface area contributed by atoms with Gasteiger partial charge in [-0.05, 0) is 89.1 Å². The number of carbonyl (C=O) groups is 2. The van der Waals surface area contributed by atoms with Gasteiger partial charge >= 0.3 is 0 Å². The van der Waals surface area contributed by atoms with E-state index in [0.29, 0.717) is 16.5 Å². The number of rotatable bonds is 11. The molecule has 7 rings (SSSR count). The molecule has 364 valence electrons. The number of methoxy groups -OCH3 is 1. The van der Waals surface area contributed by atoms with E-state index in [0.717, 1.165) is 0 Å². The fourth-order valence-electron chi connectivity index (χ4n) is 10.6. The van der Waals surface area contributed by atoms with Gasteiger partial charge in [0.25, 0.3) is 0 Å². The first-order valence-electron chi connectivity index (χ1n) is 22.5. The Labute approximate surface area is 376 Å². The van der Waals surface area contributed by atoms with E-state index in [4.69, 9.17) is 33.2 Å². The fourth-order valence-corrected chi connectivity index (χ4v) is 10.6. The number of fused-ring (bicyclic) bond motifs is 2. The third kappa shape index (κ3) is 9.45. The second kappa shape index (κ2) is 19.2. The molecule has 65 heavy (non-hydrogen) atoms. The number of ether oxygens (including phenoxy) is 7. The molecule has 21 atom stereocenters. The standard InChI is InChI=1S/C46H66O19/c1-16-24(27-13-29(39(52)19(4)60-27)64-31-12-26(48)38(51)18(3)62-31)10-22-9-23-11-25(44(59-8)43(56)37(50)17(2)47)35(42(55)34(23)41(54)33(22)36(16)49)28-14-30(40(53)20(5)61-28)65-32-15-46(7,58)45(57)21(6)63-32/h9-10,17-21,25-32,35,37-40,44-45,47-54,57-58H,11-15H2,1-8H3/t17-,18+,19+,20+,21+,25+,26+,27+,28+,29+,30+,31-,32-,35-,37+,38+,39+,40+,44-,45+,46-/m0/s1. The summed E-state index contributed by atoms with van der Waals surface area (Å²) in [6.07, 6.45) is -20.1. The largest absolute Gasteiger partial charge is 0.507 e. The van der Waals surface area contributed by atoms with Gasteiger partial charge in [-0.15, -0.1) is 0 Å². The van der Waals surface area contributed by atoms with Gasteiger partial charge in [-0.1, -0.05) is 0 Å². The Morgan fingerprint density at radius 3 is 2.03 bits per heavy atom. The van der Waals surface area contributed by atoms with E-state index in [1.54, 1.807) is 46.8 Å². The molecule has 0 aromatic heterocycles. The third-order valence-corrected chi connectivity index (χ3v) is 14.4. The predicted molar refractivity (Wildman–Crippen MR) is 226 cm³/mol. The van der Waals surface area contributed by atoms with E-state index in [1.807, 2.05) is 0 Å². The summed E-state index contributed by atoms with van der Waals surface area (Å²) >= 11 is 0. The molecule has 0 spiro atoms. The van der Waals surface area contributed by atoms with Gasteiger partial charge in [0.2, 0.25) is 0 Å². The molecule has 0 bridgehead atoms. The topological polar surface area (TPSA) is 301 Å². The molecule has 4 saturated heterocycles. The Bertz CT molecular complexity index is 2050. The van der Waals surface area contributed by atoms with Crippen molar-refractivity contribution in [2.45, 2.75) is 196 Å². The molecule has 1 aliphatic carbocycles. The van der Waals surface area contributed by atoms with Gasteiger partial charge < -0.3 is 84.2 Å². The van der Waals surface area contributed by atoms with Crippen molar-refractivity contribution in [3.8, 4) is 11.5 Å². The number of carbonyl (C=O) groups excluding carboxylic acids is 2. The zero-order valence-corrected chi connectivity index (χ0v) is 37.9. The van der Waals surface area contributed by atoms with Crippen LogP contribution in [-0.4, -0.2) is 179 Å². The number of Topliss-reactive ketones (excluding diaryl/α,β-unsaturated/α-hetero) is 2. The molecule has 2 aromatic carbocycles. The van der Waals surface area contributed by atoms with Crippen LogP contribution in [0.2, 0.25) is 0 Å². The van der Waals surface area contributed by atoms with E-state index < -0.39 is 145 Å². The average Bonchev–Trinajstić information content (AvgIpc) is 3.23. The van der Waals surface area contributed by atoms with Crippen molar-refractivity contribution < 1.29 is 93.8 Å². The van der Waals surface area contributed by atoms with Gasteiger partial charge in [0.1, 0.15) is 48.1 Å². The summed E-state index contributed by atoms with van der Waals surface area (Å²) in [4.78, 5) is 29.0. The summed E-state index contributed by atoms with van der Waals surface area (Å²) in [6, 6.07) is 3.30. The summed E-state index contributed by atoms with van der Waals surface area (Å²) in [6.45, 7) is 10.7. The van der Waals surface area contributed by atoms with Gasteiger partial charge in [0, 0.05) is 38.7 Å². The Morgan fingerprint density at radius 2 is 1.42 bits per heavy atom. The maximum atomic E-state index is 15.1. The molecule has 10 N–H and O–H groups in total. The van der Waals surface area contributed by atoms with Crippen LogP contribution in [0.5, 0.6) is 11.5 Å². The lowest BCUT2D eigenvalue weighted by Gasteiger charge is -2.47. The number of phenols is 2. The molecule has 19 heteroatoms. The van der Waals surface area contributed by atoms with Crippen molar-refractivity contribution in [3.05, 3.63) is 34.4 Å². The fraction of sp³-hybridized carbons (Fsp3) is 0.739. The quantitative estimate of drug-likeness (QED) is 0.147. The van der Waals surface area contributed by atoms with Crippen LogP contribution in [-0.2, 0) is 44.4 Å². The maximum absolute atomic E-state index is 15.1. The Hall–Kier alpha value is -2.96. The molecule has 0 saturated carbocycles. The van der Waals surface area contributed by atoms with Crippen LogP contribution in [0.4, 0.5) is 0 Å². The second-order valence-corrected chi connectivity index (χ2v) is 19.2. The van der Waals surface area contributed by atoms with Gasteiger partial charge in [-0.3, -0.25) is 9.59 Å². The molecule has 4 heterocycles. The first-order valence-corrected chi connectivity index (χ1v) is 22.5. The molecule has 4 fully saturated rings. The van der Waals surface area contributed by atoms with Crippen molar-refractivity contribution in [1.82, 2.24) is 0 Å². The third-order valence-electron chi connectivity index (χ3n) is 14.4. The Kier molecular flexibility index (Phi) is 14.8. The minimum atomic E-state index is -1.89. The van der Waals surface area contributed by atoms with Gasteiger partial charge in [0.15, 0.2) is 24.1 Å². The minimum absolute atomic E-state index is 0.0319. The highest BCUT2D eigenvalue weighted by molar-refractivity contribution is 6.10. The SMILES string of the molecule is CO[C@H](C(=O)[C@H](O)[C@H](C)O)[C@@H]1Cc2cc3cc([C@H]4C[C@@H](O[C@H]5C[C@@H](O)[C@H](O)[C@@H](C)O5)[C@H](O)[C@@H](C)O4)c(C)c(O)c3c(O)c2C(=O)[C@@H]1[C@H]1C[C@@H](O[C@H]2C[C@](C)(O)[C@H](O)[C@@H](C)O2)[C@H](O)[C@@H](C)O1. The van der Waals surface area contributed by atoms with Crippen LogP contribution >= 0.6 is 0 Å². The second-order valence-electron chi connectivity index (χ2n) is 19.2. The molecule has 19 nitrogen and oxygen atoms in total. The van der Waals surface area contributed by atoms with Crippen LogP contribution < -0.4 is 0 Å². The van der Waals surface area contributed by atoms with Crippen LogP contribution in [0.15, 0.2) is 12.1 Å². The molecule has 2 aromatic rings. The Balaban J connectivity index is 1.25. The molecule has 0 unspecified atom stereocenters. The van der Waals surface area contributed by atoms with Crippen molar-refractivity contribution in [1.29, 1.82) is 0 Å². The molecule has 4 aliphatic heterocycles. The van der Waals surface area contributed by atoms with Crippen LogP contribution in [0.25, 0.3) is 10.8 Å². The van der Waals surface area contributed by atoms with E-state index in [-0.39, 0.29) is 54.4 Å². The molecular formula is C46H66O19. The normalized spacial score (nSPS) is 41.7. The number of phenolic OH excluding ortho intramolecular Hbond substituents is 2. The highest BCUT2D eigenvalue weighted by atomic mass is 16.7. The van der Waals surface area contributed by atoms with Gasteiger partial charge in [-0.2, -0.15) is 0 Å². The number of aliphatic hydroxyl groups is 8. The van der Waals surface area contributed by atoms with Crippen LogP contribution in [0.1, 0.15) is 100 Å². The lowest BCUT2D eigenvalue weighted by molar-refractivity contribution is -0.304. The summed E-state index contributed by atoms with van der Waals surface area (Å²) in [5, 5.41) is 110. The number of hydrogen-bond donors (Lipinski definition) is 10. The Morgan fingerprint density at radius 1 is 0.815 bits per heavy atom. The first kappa shape index (κ1) is 49.9. The zero-order valence-electron chi connectivity index (χ0n) is 37.9. The molecule has 5 aliphatic rings. The van der Waals surface area contributed by atoms with Crippen molar-refractivity contribution >= 4 is 22.3 Å². The monoisotopic (exact) mass is 922 g/mol. The van der Waals surface area contributed by atoms with Crippen molar-refractivity contribution in [2.75, 3.05) is 7.11 Å². The van der Waals surface area contributed by atoms with Crippen molar-refractivity contribution in [3.63, 3.8) is 0 Å². The lowest BCUT2D eigenvalue weighted by atomic mass is 9.67. The van der Waals surface area contributed by atoms with Gasteiger partial charge in [0.05, 0.1) is 83.5 Å². The zero-order chi connectivity index (χ0) is 47.7. The predicted octanol–water partition coefficient (Wildman–Crippen LogP) is 0.479. The highest BCUT2D eigenvalue weighted by Crippen LogP contribution is 2.50. The van der Waals surface area contributed by atoms with Gasteiger partial charge in [-0.25, -0.2) is 0 Å². The van der Waals surface area contributed by atoms with E-state index in [9.17, 15) is 55.9 Å². The van der Waals surface area contributed by atoms with Crippen LogP contribution in [0.3, 0.4) is 0 Å². The lowest BCUT2D eigenvalue weighted by Crippen LogP contribution is -2.59. The summed E-state index contributed by atoms with van der Waals surface area (Å²) in [5.74, 6) is -4.85. The first-order chi connectivity index (χ1) is 30.4. The molecule has 0 radical (unpaired) electrons. The van der Waals surface area contributed by atoms with Crippen molar-refractivity contribution in [2.24, 2.45) is 11.8 Å². The molecular weight excluding hydrogens is 856 g/mol. The smallest absolute Gasteiger partial charge is 0.192 e. The number of hydrogen-bond acceptors (Lipinski definition) is 19. The van der Waals surface area contributed by atoms with E-state index in [2.05, 4.69) is 0 Å².